The number of halogens is 1. The standard InChI is InChI=1S/C16H14FN5O2/c1-10-8-14(22-24-10)21-15(23)13-6-7-18-16(20-13)19-9-11-4-2-3-5-12(11)17/h2-8H,9H2,1H3,(H,18,19,20)(H,21,22,23). The summed E-state index contributed by atoms with van der Waals surface area (Å²) < 4.78 is 18.5. The molecule has 3 rings (SSSR count). The van der Waals surface area contributed by atoms with E-state index in [9.17, 15) is 9.18 Å². The van der Waals surface area contributed by atoms with Crippen LogP contribution < -0.4 is 10.6 Å². The van der Waals surface area contributed by atoms with E-state index in [1.807, 2.05) is 0 Å². The average Bonchev–Trinajstić information content (AvgIpc) is 2.99. The van der Waals surface area contributed by atoms with Gasteiger partial charge in [-0.1, -0.05) is 23.4 Å². The normalized spacial score (nSPS) is 10.4. The lowest BCUT2D eigenvalue weighted by atomic mass is 10.2. The van der Waals surface area contributed by atoms with Gasteiger partial charge >= 0.3 is 0 Å². The van der Waals surface area contributed by atoms with E-state index in [2.05, 4.69) is 25.8 Å². The highest BCUT2D eigenvalue weighted by atomic mass is 19.1. The Kier molecular flexibility index (Phi) is 4.46. The molecule has 2 heterocycles. The molecule has 3 aromatic rings. The van der Waals surface area contributed by atoms with Gasteiger partial charge in [-0.25, -0.2) is 14.4 Å². The van der Waals surface area contributed by atoms with Crippen molar-refractivity contribution in [3.05, 3.63) is 65.4 Å². The number of hydrogen-bond donors (Lipinski definition) is 2. The van der Waals surface area contributed by atoms with Crippen molar-refractivity contribution in [2.45, 2.75) is 13.5 Å². The molecule has 7 nitrogen and oxygen atoms in total. The van der Waals surface area contributed by atoms with Gasteiger partial charge in [0.25, 0.3) is 5.91 Å². The fourth-order valence-electron chi connectivity index (χ4n) is 1.99. The molecule has 0 aliphatic rings. The second-order valence-corrected chi connectivity index (χ2v) is 4.99. The van der Waals surface area contributed by atoms with Crippen LogP contribution in [0.1, 0.15) is 21.8 Å². The van der Waals surface area contributed by atoms with Crippen LogP contribution in [0.4, 0.5) is 16.2 Å². The van der Waals surface area contributed by atoms with Crippen molar-refractivity contribution in [2.24, 2.45) is 0 Å². The molecule has 2 N–H and O–H groups in total. The first kappa shape index (κ1) is 15.6. The van der Waals surface area contributed by atoms with Crippen LogP contribution in [-0.2, 0) is 6.54 Å². The number of hydrogen-bond acceptors (Lipinski definition) is 6. The highest BCUT2D eigenvalue weighted by Gasteiger charge is 2.11. The van der Waals surface area contributed by atoms with Crippen molar-refractivity contribution in [2.75, 3.05) is 10.6 Å². The van der Waals surface area contributed by atoms with E-state index in [4.69, 9.17) is 4.52 Å². The van der Waals surface area contributed by atoms with Crippen LogP contribution >= 0.6 is 0 Å². The summed E-state index contributed by atoms with van der Waals surface area (Å²) in [6.07, 6.45) is 1.44. The monoisotopic (exact) mass is 327 g/mol. The molecule has 0 bridgehead atoms. The van der Waals surface area contributed by atoms with Crippen molar-refractivity contribution in [3.8, 4) is 0 Å². The van der Waals surface area contributed by atoms with E-state index in [1.165, 1.54) is 18.3 Å². The van der Waals surface area contributed by atoms with Gasteiger partial charge in [-0.05, 0) is 19.1 Å². The summed E-state index contributed by atoms with van der Waals surface area (Å²) in [7, 11) is 0. The first-order chi connectivity index (χ1) is 11.6. The van der Waals surface area contributed by atoms with Gasteiger partial charge in [-0.15, -0.1) is 0 Å². The predicted molar refractivity (Wildman–Crippen MR) is 85.0 cm³/mol. The highest BCUT2D eigenvalue weighted by molar-refractivity contribution is 6.02. The van der Waals surface area contributed by atoms with Crippen LogP contribution in [0.2, 0.25) is 0 Å². The van der Waals surface area contributed by atoms with Crippen molar-refractivity contribution in [1.29, 1.82) is 0 Å². The lowest BCUT2D eigenvalue weighted by Gasteiger charge is -2.07. The Balaban J connectivity index is 1.67. The Morgan fingerprint density at radius 3 is 2.88 bits per heavy atom. The predicted octanol–water partition coefficient (Wildman–Crippen LogP) is 2.78. The van der Waals surface area contributed by atoms with Gasteiger partial charge in [0.1, 0.15) is 17.3 Å². The SMILES string of the molecule is Cc1cc(NC(=O)c2ccnc(NCc3ccccc3F)n2)no1. The molecule has 0 aliphatic heterocycles. The minimum absolute atomic E-state index is 0.154. The third kappa shape index (κ3) is 3.72. The summed E-state index contributed by atoms with van der Waals surface area (Å²) in [5, 5.41) is 9.14. The van der Waals surface area contributed by atoms with Gasteiger partial charge in [-0.2, -0.15) is 0 Å². The number of nitrogens with one attached hydrogen (secondary N) is 2. The van der Waals surface area contributed by atoms with E-state index in [-0.39, 0.29) is 24.0 Å². The van der Waals surface area contributed by atoms with Crippen LogP contribution in [0.3, 0.4) is 0 Å². The molecule has 0 aliphatic carbocycles. The van der Waals surface area contributed by atoms with E-state index in [0.29, 0.717) is 17.1 Å². The molecule has 0 spiro atoms. The van der Waals surface area contributed by atoms with Crippen LogP contribution in [0.25, 0.3) is 0 Å². The first-order valence-electron chi connectivity index (χ1n) is 7.17. The zero-order valence-electron chi connectivity index (χ0n) is 12.8. The summed E-state index contributed by atoms with van der Waals surface area (Å²) in [6.45, 7) is 1.93. The number of rotatable bonds is 5. The third-order valence-corrected chi connectivity index (χ3v) is 3.15. The maximum atomic E-state index is 13.6. The van der Waals surface area contributed by atoms with Crippen LogP contribution in [0, 0.1) is 12.7 Å². The Labute approximate surface area is 136 Å². The summed E-state index contributed by atoms with van der Waals surface area (Å²) in [5.74, 6) is 0.347. The molecule has 0 saturated carbocycles. The summed E-state index contributed by atoms with van der Waals surface area (Å²) in [4.78, 5) is 20.3. The largest absolute Gasteiger partial charge is 0.360 e. The molecule has 1 amide bonds. The van der Waals surface area contributed by atoms with Crippen molar-refractivity contribution in [3.63, 3.8) is 0 Å². The summed E-state index contributed by atoms with van der Waals surface area (Å²) >= 11 is 0. The minimum atomic E-state index is -0.445. The molecule has 0 fully saturated rings. The number of benzene rings is 1. The molecule has 24 heavy (non-hydrogen) atoms. The number of amides is 1. The zero-order chi connectivity index (χ0) is 16.9. The number of aromatic nitrogens is 3. The molecule has 2 aromatic heterocycles. The van der Waals surface area contributed by atoms with Crippen molar-refractivity contribution >= 4 is 17.7 Å². The Hall–Kier alpha value is -3.29. The molecule has 0 atom stereocenters. The second-order valence-electron chi connectivity index (χ2n) is 4.99. The Morgan fingerprint density at radius 2 is 2.12 bits per heavy atom. The van der Waals surface area contributed by atoms with Gasteiger partial charge in [0.05, 0.1) is 0 Å². The molecule has 0 saturated heterocycles. The van der Waals surface area contributed by atoms with Crippen molar-refractivity contribution in [1.82, 2.24) is 15.1 Å². The van der Waals surface area contributed by atoms with Gasteiger partial charge in [-0.3, -0.25) is 4.79 Å². The first-order valence-corrected chi connectivity index (χ1v) is 7.17. The number of carbonyl (C=O) groups is 1. The van der Waals surface area contributed by atoms with E-state index >= 15 is 0 Å². The smallest absolute Gasteiger partial charge is 0.275 e. The maximum Gasteiger partial charge on any atom is 0.275 e. The van der Waals surface area contributed by atoms with E-state index in [1.54, 1.807) is 31.2 Å². The molecule has 1 aromatic carbocycles. The fraction of sp³-hybridized carbons (Fsp3) is 0.125. The molecule has 122 valence electrons. The van der Waals surface area contributed by atoms with Crippen LogP contribution in [0.15, 0.2) is 47.1 Å². The molecular weight excluding hydrogens is 313 g/mol. The lowest BCUT2D eigenvalue weighted by molar-refractivity contribution is 0.102. The topological polar surface area (TPSA) is 92.9 Å². The minimum Gasteiger partial charge on any atom is -0.360 e. The lowest BCUT2D eigenvalue weighted by Crippen LogP contribution is -2.15. The van der Waals surface area contributed by atoms with E-state index < -0.39 is 5.91 Å². The van der Waals surface area contributed by atoms with Gasteiger partial charge < -0.3 is 15.2 Å². The highest BCUT2D eigenvalue weighted by Crippen LogP contribution is 2.11. The molecular formula is C16H14FN5O2. The zero-order valence-corrected chi connectivity index (χ0v) is 12.8. The summed E-state index contributed by atoms with van der Waals surface area (Å²) in [6, 6.07) is 9.46. The number of anilines is 2. The van der Waals surface area contributed by atoms with Gasteiger partial charge in [0.2, 0.25) is 5.95 Å². The fourth-order valence-corrected chi connectivity index (χ4v) is 1.99. The summed E-state index contributed by atoms with van der Waals surface area (Å²) in [5.41, 5.74) is 0.635. The van der Waals surface area contributed by atoms with Crippen LogP contribution in [-0.4, -0.2) is 21.0 Å². The maximum absolute atomic E-state index is 13.6. The van der Waals surface area contributed by atoms with E-state index in [0.717, 1.165) is 0 Å². The molecule has 0 unspecified atom stereocenters. The Morgan fingerprint density at radius 1 is 1.29 bits per heavy atom. The number of aryl methyl sites for hydroxylation is 1. The second kappa shape index (κ2) is 6.86. The van der Waals surface area contributed by atoms with Crippen molar-refractivity contribution < 1.29 is 13.7 Å². The third-order valence-electron chi connectivity index (χ3n) is 3.15. The molecule has 8 heteroatoms. The Bertz CT molecular complexity index is 865. The number of carbonyl (C=O) groups excluding carboxylic acids is 1. The quantitative estimate of drug-likeness (QED) is 0.748. The van der Waals surface area contributed by atoms with Crippen LogP contribution in [0.5, 0.6) is 0 Å². The molecule has 0 radical (unpaired) electrons. The van der Waals surface area contributed by atoms with Gasteiger partial charge in [0.15, 0.2) is 5.82 Å². The average molecular weight is 327 g/mol. The van der Waals surface area contributed by atoms with Gasteiger partial charge in [0, 0.05) is 24.4 Å². The number of nitrogens with zero attached hydrogens (tertiary/aromatic N) is 3.